The molecule has 8 nitrogen and oxygen atoms in total. The zero-order valence-electron chi connectivity index (χ0n) is 21.2. The minimum absolute atomic E-state index is 0.00532. The van der Waals surface area contributed by atoms with Gasteiger partial charge in [0.15, 0.2) is 11.5 Å². The monoisotopic (exact) mass is 480 g/mol. The highest BCUT2D eigenvalue weighted by molar-refractivity contribution is 5.65. The van der Waals surface area contributed by atoms with Crippen LogP contribution < -0.4 is 20.3 Å². The molecular formula is C27H36N4O4. The number of pyridine rings is 1. The molecule has 0 saturated heterocycles. The molecule has 188 valence electrons. The van der Waals surface area contributed by atoms with Gasteiger partial charge in [-0.2, -0.15) is 5.10 Å². The first-order valence-corrected chi connectivity index (χ1v) is 12.2. The lowest BCUT2D eigenvalue weighted by atomic mass is 9.79. The Hall–Kier alpha value is -3.26. The number of nitrogens with zero attached hydrogens (tertiary/aromatic N) is 3. The maximum atomic E-state index is 13.3. The Bertz CT molecular complexity index is 1220. The van der Waals surface area contributed by atoms with Crippen molar-refractivity contribution < 1.29 is 14.6 Å². The summed E-state index contributed by atoms with van der Waals surface area (Å²) in [4.78, 5) is 13.3. The quantitative estimate of drug-likeness (QED) is 0.506. The van der Waals surface area contributed by atoms with Crippen LogP contribution in [-0.2, 0) is 13.6 Å². The van der Waals surface area contributed by atoms with Gasteiger partial charge in [-0.05, 0) is 48.9 Å². The van der Waals surface area contributed by atoms with Crippen molar-refractivity contribution in [2.45, 2.75) is 57.7 Å². The molecule has 8 heteroatoms. The summed E-state index contributed by atoms with van der Waals surface area (Å²) in [5, 5.41) is 18.8. The predicted molar refractivity (Wildman–Crippen MR) is 137 cm³/mol. The normalized spacial score (nSPS) is 20.1. The number of hydrogen-bond acceptors (Lipinski definition) is 6. The predicted octanol–water partition coefficient (Wildman–Crippen LogP) is 4.03. The molecule has 2 N–H and O–H groups in total. The van der Waals surface area contributed by atoms with E-state index in [0.29, 0.717) is 36.1 Å². The smallest absolute Gasteiger partial charge is 0.273 e. The Balaban J connectivity index is 1.54. The van der Waals surface area contributed by atoms with Crippen molar-refractivity contribution >= 4 is 5.69 Å². The van der Waals surface area contributed by atoms with Gasteiger partial charge in [0.1, 0.15) is 5.69 Å². The molecule has 0 amide bonds. The number of anilines is 1. The van der Waals surface area contributed by atoms with Gasteiger partial charge in [-0.3, -0.25) is 9.48 Å². The summed E-state index contributed by atoms with van der Waals surface area (Å²) in [6.07, 6.45) is 7.34. The summed E-state index contributed by atoms with van der Waals surface area (Å²) in [6, 6.07) is 7.73. The van der Waals surface area contributed by atoms with Crippen molar-refractivity contribution in [1.82, 2.24) is 14.3 Å². The third kappa shape index (κ3) is 5.53. The maximum Gasteiger partial charge on any atom is 0.273 e. The zero-order valence-corrected chi connectivity index (χ0v) is 21.2. The van der Waals surface area contributed by atoms with E-state index in [0.717, 1.165) is 29.5 Å². The van der Waals surface area contributed by atoms with Crippen molar-refractivity contribution in [3.8, 4) is 22.6 Å². The second-order valence-electron chi connectivity index (χ2n) is 9.84. The summed E-state index contributed by atoms with van der Waals surface area (Å²) in [5.74, 6) is 1.68. The molecule has 35 heavy (non-hydrogen) atoms. The van der Waals surface area contributed by atoms with Crippen molar-refractivity contribution in [3.05, 3.63) is 58.8 Å². The molecule has 2 aromatic heterocycles. The Labute approximate surface area is 206 Å². The van der Waals surface area contributed by atoms with Crippen LogP contribution in [0.3, 0.4) is 0 Å². The number of aromatic nitrogens is 3. The standard InChI is InChI=1S/C27H36N4O4/c1-17(2)14-31-16-19(20-13-28-30(3)15-20)10-23(27(31)33)29-21-7-8-22(24(32)12-21)18-6-9-25(34-4)26(11-18)35-5/h6,9-11,13,15-17,21-22,24,29,32H,7-8,12,14H2,1-5H3. The summed E-state index contributed by atoms with van der Waals surface area (Å²) in [7, 11) is 5.11. The number of nitrogens with one attached hydrogen (secondary N) is 1. The van der Waals surface area contributed by atoms with E-state index < -0.39 is 6.10 Å². The zero-order chi connectivity index (χ0) is 25.1. The van der Waals surface area contributed by atoms with Gasteiger partial charge in [-0.25, -0.2) is 0 Å². The number of aryl methyl sites for hydroxylation is 1. The largest absolute Gasteiger partial charge is 0.493 e. The first-order valence-electron chi connectivity index (χ1n) is 12.2. The fourth-order valence-corrected chi connectivity index (χ4v) is 4.97. The molecule has 0 aliphatic heterocycles. The fourth-order valence-electron chi connectivity index (χ4n) is 4.97. The van der Waals surface area contributed by atoms with Crippen LogP contribution in [-0.4, -0.2) is 45.8 Å². The van der Waals surface area contributed by atoms with Gasteiger partial charge in [0, 0.05) is 49.1 Å². The van der Waals surface area contributed by atoms with E-state index in [1.54, 1.807) is 29.7 Å². The van der Waals surface area contributed by atoms with Crippen molar-refractivity contribution in [3.63, 3.8) is 0 Å². The van der Waals surface area contributed by atoms with Crippen molar-refractivity contribution in [2.75, 3.05) is 19.5 Å². The highest BCUT2D eigenvalue weighted by Crippen LogP contribution is 2.38. The number of aliphatic hydroxyl groups is 1. The van der Waals surface area contributed by atoms with Gasteiger partial charge in [0.25, 0.3) is 5.56 Å². The van der Waals surface area contributed by atoms with E-state index in [-0.39, 0.29) is 17.5 Å². The van der Waals surface area contributed by atoms with Crippen LogP contribution in [0.25, 0.3) is 11.1 Å². The fraction of sp³-hybridized carbons (Fsp3) is 0.481. The first-order chi connectivity index (χ1) is 16.8. The van der Waals surface area contributed by atoms with Crippen molar-refractivity contribution in [2.24, 2.45) is 13.0 Å². The third-order valence-electron chi connectivity index (χ3n) is 6.70. The molecular weight excluding hydrogens is 444 g/mol. The minimum atomic E-state index is -0.529. The van der Waals surface area contributed by atoms with E-state index in [4.69, 9.17) is 9.47 Å². The summed E-state index contributed by atoms with van der Waals surface area (Å²) in [5.41, 5.74) is 3.47. The van der Waals surface area contributed by atoms with Gasteiger partial charge in [0.05, 0.1) is 26.5 Å². The molecule has 0 spiro atoms. The number of methoxy groups -OCH3 is 2. The van der Waals surface area contributed by atoms with E-state index in [9.17, 15) is 9.90 Å². The molecule has 1 saturated carbocycles. The molecule has 3 aromatic rings. The van der Waals surface area contributed by atoms with Crippen molar-refractivity contribution in [1.29, 1.82) is 0 Å². The number of hydrogen-bond donors (Lipinski definition) is 2. The Morgan fingerprint density at radius 1 is 1.11 bits per heavy atom. The summed E-state index contributed by atoms with van der Waals surface area (Å²) >= 11 is 0. The topological polar surface area (TPSA) is 90.5 Å². The second-order valence-corrected chi connectivity index (χ2v) is 9.84. The number of aliphatic hydroxyl groups excluding tert-OH is 1. The molecule has 4 rings (SSSR count). The molecule has 1 aromatic carbocycles. The Kier molecular flexibility index (Phi) is 7.50. The van der Waals surface area contributed by atoms with Crippen LogP contribution in [0.4, 0.5) is 5.69 Å². The van der Waals surface area contributed by atoms with E-state index in [1.165, 1.54) is 0 Å². The van der Waals surface area contributed by atoms with Crippen LogP contribution in [0.1, 0.15) is 44.6 Å². The molecule has 3 unspecified atom stereocenters. The van der Waals surface area contributed by atoms with Gasteiger partial charge in [-0.1, -0.05) is 19.9 Å². The highest BCUT2D eigenvalue weighted by Gasteiger charge is 2.31. The number of rotatable bonds is 8. The molecule has 1 aliphatic rings. The molecule has 0 radical (unpaired) electrons. The molecule has 1 fully saturated rings. The SMILES string of the molecule is COc1ccc(C2CCC(Nc3cc(-c4cnn(C)c4)cn(CC(C)C)c3=O)CC2O)cc1OC. The van der Waals surface area contributed by atoms with E-state index in [2.05, 4.69) is 24.3 Å². The van der Waals surface area contributed by atoms with Crippen LogP contribution in [0.5, 0.6) is 11.5 Å². The second kappa shape index (κ2) is 10.6. The van der Waals surface area contributed by atoms with Crippen LogP contribution >= 0.6 is 0 Å². The number of benzene rings is 1. The average Bonchev–Trinajstić information content (AvgIpc) is 3.27. The maximum absolute atomic E-state index is 13.3. The minimum Gasteiger partial charge on any atom is -0.493 e. The van der Waals surface area contributed by atoms with Crippen LogP contribution in [0.15, 0.2) is 47.7 Å². The lowest BCUT2D eigenvalue weighted by Crippen LogP contribution is -2.37. The lowest BCUT2D eigenvalue weighted by molar-refractivity contribution is 0.100. The van der Waals surface area contributed by atoms with Gasteiger partial charge < -0.3 is 24.5 Å². The van der Waals surface area contributed by atoms with E-state index >= 15 is 0 Å². The highest BCUT2D eigenvalue weighted by atomic mass is 16.5. The molecule has 1 aliphatic carbocycles. The lowest BCUT2D eigenvalue weighted by Gasteiger charge is -2.34. The number of ether oxygens (including phenoxy) is 2. The molecule has 2 heterocycles. The first kappa shape index (κ1) is 24.9. The van der Waals surface area contributed by atoms with Crippen LogP contribution in [0.2, 0.25) is 0 Å². The van der Waals surface area contributed by atoms with Gasteiger partial charge in [0.2, 0.25) is 0 Å². The van der Waals surface area contributed by atoms with E-state index in [1.807, 2.05) is 43.7 Å². The summed E-state index contributed by atoms with van der Waals surface area (Å²) in [6.45, 7) is 4.83. The average molecular weight is 481 g/mol. The van der Waals surface area contributed by atoms with Gasteiger partial charge >= 0.3 is 0 Å². The van der Waals surface area contributed by atoms with Gasteiger partial charge in [-0.15, -0.1) is 0 Å². The third-order valence-corrected chi connectivity index (χ3v) is 6.70. The Morgan fingerprint density at radius 3 is 2.51 bits per heavy atom. The molecule has 3 atom stereocenters. The summed E-state index contributed by atoms with van der Waals surface area (Å²) < 4.78 is 14.3. The Morgan fingerprint density at radius 2 is 1.89 bits per heavy atom. The molecule has 0 bridgehead atoms. The van der Waals surface area contributed by atoms with Crippen LogP contribution in [0, 0.1) is 5.92 Å².